The molecule has 1 unspecified atom stereocenters. The van der Waals surface area contributed by atoms with Crippen LogP contribution in [0.3, 0.4) is 0 Å². The first-order valence-corrected chi connectivity index (χ1v) is 9.88. The zero-order valence-corrected chi connectivity index (χ0v) is 16.8. The van der Waals surface area contributed by atoms with Gasteiger partial charge in [-0.1, -0.05) is 74.5 Å². The molecule has 0 N–H and O–H groups in total. The van der Waals surface area contributed by atoms with Crippen LogP contribution in [0.15, 0.2) is 72.8 Å². The topological polar surface area (TPSA) is 57.7 Å². The van der Waals surface area contributed by atoms with Crippen molar-refractivity contribution in [2.75, 3.05) is 6.54 Å². The Kier molecular flexibility index (Phi) is 6.60. The summed E-state index contributed by atoms with van der Waals surface area (Å²) in [5, 5.41) is 0. The summed E-state index contributed by atoms with van der Waals surface area (Å²) in [7, 11) is 0. The molecule has 5 heteroatoms. The Morgan fingerprint density at radius 3 is 2.31 bits per heavy atom. The van der Waals surface area contributed by atoms with Gasteiger partial charge in [0.25, 0.3) is 5.91 Å². The van der Waals surface area contributed by atoms with E-state index in [1.807, 2.05) is 56.3 Å². The molecule has 5 nitrogen and oxygen atoms in total. The van der Waals surface area contributed by atoms with E-state index in [0.717, 1.165) is 10.5 Å². The minimum Gasteiger partial charge on any atom is -0.330 e. The van der Waals surface area contributed by atoms with Gasteiger partial charge in [-0.3, -0.25) is 19.3 Å². The van der Waals surface area contributed by atoms with Crippen molar-refractivity contribution in [3.05, 3.63) is 83.9 Å². The van der Waals surface area contributed by atoms with Crippen molar-refractivity contribution in [3.8, 4) is 0 Å². The molecular weight excluding hydrogens is 364 g/mol. The SMILES string of the molecule is CC(C)CN1C(=O)C(N(C=O)C(=O)c2ccccc2)CC=C[C@H]1c1ccccc1. The van der Waals surface area contributed by atoms with Gasteiger partial charge in [-0.15, -0.1) is 0 Å². The van der Waals surface area contributed by atoms with Crippen molar-refractivity contribution < 1.29 is 14.4 Å². The Morgan fingerprint density at radius 1 is 1.10 bits per heavy atom. The summed E-state index contributed by atoms with van der Waals surface area (Å²) >= 11 is 0. The van der Waals surface area contributed by atoms with Crippen LogP contribution in [0.5, 0.6) is 0 Å². The van der Waals surface area contributed by atoms with E-state index in [1.54, 1.807) is 35.2 Å². The Morgan fingerprint density at radius 2 is 1.72 bits per heavy atom. The molecule has 0 saturated carbocycles. The normalized spacial score (nSPS) is 19.1. The number of benzene rings is 2. The number of imide groups is 1. The van der Waals surface area contributed by atoms with Gasteiger partial charge in [-0.25, -0.2) is 0 Å². The average molecular weight is 390 g/mol. The first-order valence-electron chi connectivity index (χ1n) is 9.88. The van der Waals surface area contributed by atoms with Crippen molar-refractivity contribution in [1.82, 2.24) is 9.80 Å². The van der Waals surface area contributed by atoms with Crippen LogP contribution >= 0.6 is 0 Å². The molecular formula is C24H26N2O3. The zero-order chi connectivity index (χ0) is 20.8. The average Bonchev–Trinajstić information content (AvgIpc) is 2.89. The number of carbonyl (C=O) groups excluding carboxylic acids is 3. The van der Waals surface area contributed by atoms with E-state index < -0.39 is 11.9 Å². The van der Waals surface area contributed by atoms with Crippen molar-refractivity contribution in [3.63, 3.8) is 0 Å². The lowest BCUT2D eigenvalue weighted by molar-refractivity contribution is -0.140. The molecule has 1 aliphatic heterocycles. The summed E-state index contributed by atoms with van der Waals surface area (Å²) < 4.78 is 0. The van der Waals surface area contributed by atoms with E-state index in [1.165, 1.54) is 0 Å². The Hall–Kier alpha value is -3.21. The standard InChI is InChI=1S/C24H26N2O3/c1-18(2)16-25-21(19-10-5-3-6-11-19)14-9-15-22(24(25)29)26(17-27)23(28)20-12-7-4-8-13-20/h3-14,17-18,21-22H,15-16H2,1-2H3/t21-,22?/m0/s1. The number of hydrogen-bond acceptors (Lipinski definition) is 3. The smallest absolute Gasteiger partial charge is 0.261 e. The van der Waals surface area contributed by atoms with Gasteiger partial charge in [0.2, 0.25) is 12.3 Å². The number of hydrogen-bond donors (Lipinski definition) is 0. The van der Waals surface area contributed by atoms with E-state index in [2.05, 4.69) is 0 Å². The summed E-state index contributed by atoms with van der Waals surface area (Å²) in [6.45, 7) is 4.63. The summed E-state index contributed by atoms with van der Waals surface area (Å²) in [5.74, 6) is -0.434. The molecule has 29 heavy (non-hydrogen) atoms. The van der Waals surface area contributed by atoms with Gasteiger partial charge in [0.1, 0.15) is 6.04 Å². The lowest BCUT2D eigenvalue weighted by Crippen LogP contribution is -2.51. The second-order valence-corrected chi connectivity index (χ2v) is 7.60. The second-order valence-electron chi connectivity index (χ2n) is 7.60. The van der Waals surface area contributed by atoms with Crippen molar-refractivity contribution in [2.45, 2.75) is 32.4 Å². The number of nitrogens with zero attached hydrogens (tertiary/aromatic N) is 2. The van der Waals surface area contributed by atoms with Crippen LogP contribution in [0.4, 0.5) is 0 Å². The third-order valence-corrected chi connectivity index (χ3v) is 4.99. The predicted octanol–water partition coefficient (Wildman–Crippen LogP) is 3.84. The highest BCUT2D eigenvalue weighted by Crippen LogP contribution is 2.29. The molecule has 2 aromatic rings. The van der Waals surface area contributed by atoms with E-state index in [9.17, 15) is 14.4 Å². The van der Waals surface area contributed by atoms with Crippen LogP contribution in [-0.4, -0.2) is 40.6 Å². The molecule has 0 bridgehead atoms. The van der Waals surface area contributed by atoms with Crippen LogP contribution in [-0.2, 0) is 9.59 Å². The molecule has 3 amide bonds. The third kappa shape index (κ3) is 4.62. The maximum Gasteiger partial charge on any atom is 0.261 e. The molecule has 150 valence electrons. The minimum absolute atomic E-state index is 0.214. The van der Waals surface area contributed by atoms with Crippen molar-refractivity contribution in [1.29, 1.82) is 0 Å². The first kappa shape index (κ1) is 20.5. The Bertz CT molecular complexity index is 878. The van der Waals surface area contributed by atoms with E-state index in [4.69, 9.17) is 0 Å². The van der Waals surface area contributed by atoms with Crippen LogP contribution < -0.4 is 0 Å². The predicted molar refractivity (Wildman–Crippen MR) is 112 cm³/mol. The van der Waals surface area contributed by atoms with Gasteiger partial charge in [-0.05, 0) is 30.0 Å². The van der Waals surface area contributed by atoms with Crippen LogP contribution in [0.25, 0.3) is 0 Å². The molecule has 0 aliphatic carbocycles. The minimum atomic E-state index is -0.857. The maximum atomic E-state index is 13.5. The molecule has 1 aliphatic rings. The molecule has 0 saturated heterocycles. The number of carbonyl (C=O) groups is 3. The monoisotopic (exact) mass is 390 g/mol. The fourth-order valence-electron chi connectivity index (χ4n) is 3.63. The van der Waals surface area contributed by atoms with E-state index >= 15 is 0 Å². The Labute approximate surface area is 171 Å². The molecule has 0 radical (unpaired) electrons. The van der Waals surface area contributed by atoms with Gasteiger partial charge in [0.05, 0.1) is 6.04 Å². The van der Waals surface area contributed by atoms with Crippen LogP contribution in [0.1, 0.15) is 42.2 Å². The lowest BCUT2D eigenvalue weighted by Gasteiger charge is -2.34. The number of amides is 3. The highest BCUT2D eigenvalue weighted by molar-refractivity contribution is 6.03. The fourth-order valence-corrected chi connectivity index (χ4v) is 3.63. The number of rotatable bonds is 6. The third-order valence-electron chi connectivity index (χ3n) is 4.99. The van der Waals surface area contributed by atoms with Gasteiger partial charge in [0.15, 0.2) is 0 Å². The quantitative estimate of drug-likeness (QED) is 0.556. The molecule has 1 heterocycles. The fraction of sp³-hybridized carbons (Fsp3) is 0.292. The van der Waals surface area contributed by atoms with Crippen molar-refractivity contribution >= 4 is 18.2 Å². The molecule has 2 aromatic carbocycles. The van der Waals surface area contributed by atoms with Crippen molar-refractivity contribution in [2.24, 2.45) is 5.92 Å². The summed E-state index contributed by atoms with van der Waals surface area (Å²) in [6.07, 6.45) is 4.66. The zero-order valence-electron chi connectivity index (χ0n) is 16.8. The summed E-state index contributed by atoms with van der Waals surface area (Å²) in [6, 6.07) is 17.3. The maximum absolute atomic E-state index is 13.5. The van der Waals surface area contributed by atoms with E-state index in [0.29, 0.717) is 24.9 Å². The first-order chi connectivity index (χ1) is 14.0. The van der Waals surface area contributed by atoms with Crippen LogP contribution in [0, 0.1) is 5.92 Å². The highest BCUT2D eigenvalue weighted by atomic mass is 16.2. The molecule has 0 aromatic heterocycles. The van der Waals surface area contributed by atoms with Gasteiger partial charge >= 0.3 is 0 Å². The second kappa shape index (κ2) is 9.32. The summed E-state index contributed by atoms with van der Waals surface area (Å²) in [4.78, 5) is 41.1. The molecule has 0 fully saturated rings. The molecule has 0 spiro atoms. The lowest BCUT2D eigenvalue weighted by atomic mass is 10.0. The van der Waals surface area contributed by atoms with Crippen LogP contribution in [0.2, 0.25) is 0 Å². The Balaban J connectivity index is 1.95. The highest BCUT2D eigenvalue weighted by Gasteiger charge is 2.37. The van der Waals surface area contributed by atoms with Gasteiger partial charge in [0, 0.05) is 12.1 Å². The van der Waals surface area contributed by atoms with Gasteiger partial charge in [-0.2, -0.15) is 0 Å². The van der Waals surface area contributed by atoms with Gasteiger partial charge < -0.3 is 4.90 Å². The molecule has 3 rings (SSSR count). The summed E-state index contributed by atoms with van der Waals surface area (Å²) in [5.41, 5.74) is 1.39. The largest absolute Gasteiger partial charge is 0.330 e. The van der Waals surface area contributed by atoms with E-state index in [-0.39, 0.29) is 17.9 Å². The molecule has 2 atom stereocenters.